The first-order chi connectivity index (χ1) is 33.2. The van der Waals surface area contributed by atoms with Crippen LogP contribution in [-0.4, -0.2) is 29.5 Å². The second-order valence-corrected chi connectivity index (χ2v) is 16.5. The SMILES string of the molecule is c1ccc(-c2cc(-c3ccccc3)nc(-c3ccc(-c4ccccc4-c4nc(-c5ccccc5)nc(-c5ccccc5)n4)cc3-c3cccc(-n4c5ccccc5c5ccccc54)c3)n2)cc1. The number of aromatic nitrogens is 6. The summed E-state index contributed by atoms with van der Waals surface area (Å²) in [5.74, 6) is 2.45. The van der Waals surface area contributed by atoms with Crippen molar-refractivity contribution in [1.29, 1.82) is 0 Å². The molecule has 12 rings (SSSR count). The number of nitrogens with zero attached hydrogens (tertiary/aromatic N) is 6. The fourth-order valence-electron chi connectivity index (χ4n) is 9.10. The van der Waals surface area contributed by atoms with Gasteiger partial charge in [0.05, 0.1) is 22.4 Å². The average molecular weight is 857 g/mol. The van der Waals surface area contributed by atoms with Crippen molar-refractivity contribution in [3.05, 3.63) is 243 Å². The smallest absolute Gasteiger partial charge is 0.164 e. The summed E-state index contributed by atoms with van der Waals surface area (Å²) < 4.78 is 2.36. The molecule has 67 heavy (non-hydrogen) atoms. The van der Waals surface area contributed by atoms with Crippen LogP contribution in [-0.2, 0) is 0 Å². The third-order valence-corrected chi connectivity index (χ3v) is 12.3. The minimum atomic E-state index is 0.591. The number of rotatable bonds is 9. The molecule has 0 unspecified atom stereocenters. The molecule has 0 aliphatic rings. The predicted octanol–water partition coefficient (Wildman–Crippen LogP) is 15.1. The fraction of sp³-hybridized carbons (Fsp3) is 0. The molecular weight excluding hydrogens is 817 g/mol. The Balaban J connectivity index is 1.08. The van der Waals surface area contributed by atoms with Gasteiger partial charge in [-0.3, -0.25) is 0 Å². The molecule has 0 aliphatic heterocycles. The van der Waals surface area contributed by atoms with Gasteiger partial charge >= 0.3 is 0 Å². The summed E-state index contributed by atoms with van der Waals surface area (Å²) in [7, 11) is 0. The van der Waals surface area contributed by atoms with Gasteiger partial charge in [-0.1, -0.05) is 200 Å². The summed E-state index contributed by atoms with van der Waals surface area (Å²) in [6, 6.07) is 84.0. The van der Waals surface area contributed by atoms with Gasteiger partial charge in [-0.15, -0.1) is 0 Å². The van der Waals surface area contributed by atoms with Gasteiger partial charge in [-0.2, -0.15) is 0 Å². The lowest BCUT2D eigenvalue weighted by Crippen LogP contribution is -2.01. The maximum atomic E-state index is 5.34. The zero-order valence-electron chi connectivity index (χ0n) is 36.3. The van der Waals surface area contributed by atoms with Crippen molar-refractivity contribution < 1.29 is 0 Å². The van der Waals surface area contributed by atoms with Crippen molar-refractivity contribution in [2.24, 2.45) is 0 Å². The number of hydrogen-bond acceptors (Lipinski definition) is 5. The van der Waals surface area contributed by atoms with Crippen LogP contribution < -0.4 is 0 Å². The maximum Gasteiger partial charge on any atom is 0.164 e. The van der Waals surface area contributed by atoms with Crippen molar-refractivity contribution in [3.63, 3.8) is 0 Å². The van der Waals surface area contributed by atoms with Crippen LogP contribution in [0.2, 0.25) is 0 Å². The summed E-state index contributed by atoms with van der Waals surface area (Å²) in [4.78, 5) is 26.0. The van der Waals surface area contributed by atoms with Crippen molar-refractivity contribution in [3.8, 4) is 96.0 Å². The van der Waals surface area contributed by atoms with Gasteiger partial charge < -0.3 is 4.57 Å². The number of fused-ring (bicyclic) bond motifs is 3. The van der Waals surface area contributed by atoms with Crippen LogP contribution in [0.25, 0.3) is 118 Å². The topological polar surface area (TPSA) is 69.4 Å². The van der Waals surface area contributed by atoms with E-state index in [2.05, 4.69) is 168 Å². The quantitative estimate of drug-likeness (QED) is 0.145. The summed E-state index contributed by atoms with van der Waals surface area (Å²) in [6.07, 6.45) is 0. The molecule has 3 heterocycles. The Morgan fingerprint density at radius 1 is 0.239 bits per heavy atom. The van der Waals surface area contributed by atoms with E-state index in [1.54, 1.807) is 0 Å². The molecule has 0 spiro atoms. The van der Waals surface area contributed by atoms with Gasteiger partial charge in [0.25, 0.3) is 0 Å². The molecule has 0 fully saturated rings. The first-order valence-corrected chi connectivity index (χ1v) is 22.4. The molecular formula is C61H40N6. The van der Waals surface area contributed by atoms with Crippen molar-refractivity contribution in [2.75, 3.05) is 0 Å². The normalized spacial score (nSPS) is 11.3. The van der Waals surface area contributed by atoms with E-state index in [1.165, 1.54) is 10.8 Å². The summed E-state index contributed by atoms with van der Waals surface area (Å²) in [5.41, 5.74) is 14.7. The molecule has 6 heteroatoms. The van der Waals surface area contributed by atoms with Crippen LogP contribution in [0.15, 0.2) is 243 Å². The van der Waals surface area contributed by atoms with E-state index in [1.807, 2.05) is 78.9 Å². The Hall–Kier alpha value is -9.13. The highest BCUT2D eigenvalue weighted by Gasteiger charge is 2.20. The lowest BCUT2D eigenvalue weighted by atomic mass is 9.91. The summed E-state index contributed by atoms with van der Waals surface area (Å²) in [6.45, 7) is 0. The summed E-state index contributed by atoms with van der Waals surface area (Å²) >= 11 is 0. The molecule has 6 nitrogen and oxygen atoms in total. The van der Waals surface area contributed by atoms with E-state index < -0.39 is 0 Å². The van der Waals surface area contributed by atoms with E-state index in [-0.39, 0.29) is 0 Å². The molecule has 0 radical (unpaired) electrons. The highest BCUT2D eigenvalue weighted by atomic mass is 15.0. The highest BCUT2D eigenvalue weighted by molar-refractivity contribution is 6.09. The van der Waals surface area contributed by atoms with Crippen LogP contribution in [0.5, 0.6) is 0 Å². The Bertz CT molecular complexity index is 3570. The van der Waals surface area contributed by atoms with Gasteiger partial charge in [-0.05, 0) is 64.7 Å². The second kappa shape index (κ2) is 17.1. The molecule has 0 saturated heterocycles. The van der Waals surface area contributed by atoms with Gasteiger partial charge in [0, 0.05) is 49.8 Å². The molecule has 12 aromatic rings. The lowest BCUT2D eigenvalue weighted by molar-refractivity contribution is 1.07. The first-order valence-electron chi connectivity index (χ1n) is 22.4. The van der Waals surface area contributed by atoms with Gasteiger partial charge in [0.2, 0.25) is 0 Å². The van der Waals surface area contributed by atoms with E-state index in [4.69, 9.17) is 24.9 Å². The molecule has 0 bridgehead atoms. The first kappa shape index (κ1) is 39.5. The lowest BCUT2D eigenvalue weighted by Gasteiger charge is -2.17. The molecule has 3 aromatic heterocycles. The Kier molecular flexibility index (Phi) is 10.1. The maximum absolute atomic E-state index is 5.34. The largest absolute Gasteiger partial charge is 0.309 e. The van der Waals surface area contributed by atoms with E-state index in [0.29, 0.717) is 23.3 Å². The average Bonchev–Trinajstić information content (AvgIpc) is 3.76. The molecule has 9 aromatic carbocycles. The molecule has 314 valence electrons. The van der Waals surface area contributed by atoms with E-state index >= 15 is 0 Å². The van der Waals surface area contributed by atoms with Crippen molar-refractivity contribution >= 4 is 21.8 Å². The van der Waals surface area contributed by atoms with Gasteiger partial charge in [0.15, 0.2) is 23.3 Å². The van der Waals surface area contributed by atoms with Crippen molar-refractivity contribution in [2.45, 2.75) is 0 Å². The van der Waals surface area contributed by atoms with Gasteiger partial charge in [0.1, 0.15) is 0 Å². The van der Waals surface area contributed by atoms with Crippen LogP contribution >= 0.6 is 0 Å². The zero-order valence-corrected chi connectivity index (χ0v) is 36.3. The fourth-order valence-corrected chi connectivity index (χ4v) is 9.10. The second-order valence-electron chi connectivity index (χ2n) is 16.5. The number of benzene rings is 9. The van der Waals surface area contributed by atoms with Crippen LogP contribution in [0.1, 0.15) is 0 Å². The molecule has 0 N–H and O–H groups in total. The third-order valence-electron chi connectivity index (χ3n) is 12.3. The number of para-hydroxylation sites is 2. The van der Waals surface area contributed by atoms with Crippen LogP contribution in [0.3, 0.4) is 0 Å². The van der Waals surface area contributed by atoms with Crippen LogP contribution in [0, 0.1) is 0 Å². The van der Waals surface area contributed by atoms with Crippen molar-refractivity contribution in [1.82, 2.24) is 29.5 Å². The Morgan fingerprint density at radius 3 is 1.22 bits per heavy atom. The predicted molar refractivity (Wildman–Crippen MR) is 273 cm³/mol. The standard InChI is InChI=1S/C61H40N6/c1-5-20-41(21-6-1)54-40-55(42-22-7-2-8-23-42)63-60(62-54)52-37-36-46(39-53(52)45-28-19-29-47(38-45)67-56-34-17-15-31-49(56)50-32-16-18-35-57(50)67)48-30-13-14-33-51(48)61-65-58(43-24-9-3-10-25-43)64-59(66-61)44-26-11-4-12-27-44/h1-40H. The third kappa shape index (κ3) is 7.52. The minimum absolute atomic E-state index is 0.591. The minimum Gasteiger partial charge on any atom is -0.309 e. The summed E-state index contributed by atoms with van der Waals surface area (Å²) in [5, 5.41) is 2.43. The Morgan fingerprint density at radius 2 is 0.657 bits per heavy atom. The molecule has 0 saturated carbocycles. The van der Waals surface area contributed by atoms with E-state index in [9.17, 15) is 0 Å². The molecule has 0 atom stereocenters. The number of hydrogen-bond donors (Lipinski definition) is 0. The molecule has 0 amide bonds. The van der Waals surface area contributed by atoms with Gasteiger partial charge in [-0.25, -0.2) is 24.9 Å². The zero-order chi connectivity index (χ0) is 44.5. The molecule has 0 aliphatic carbocycles. The van der Waals surface area contributed by atoms with Crippen LogP contribution in [0.4, 0.5) is 0 Å². The Labute approximate surface area is 388 Å². The highest BCUT2D eigenvalue weighted by Crippen LogP contribution is 2.41. The monoisotopic (exact) mass is 856 g/mol. The van der Waals surface area contributed by atoms with E-state index in [0.717, 1.165) is 83.7 Å².